The van der Waals surface area contributed by atoms with Crippen molar-refractivity contribution in [2.45, 2.75) is 38.1 Å². The van der Waals surface area contributed by atoms with Crippen LogP contribution in [-0.4, -0.2) is 63.3 Å². The fourth-order valence-electron chi connectivity index (χ4n) is 4.33. The van der Waals surface area contributed by atoms with Gasteiger partial charge < -0.3 is 15.0 Å². The molecule has 2 fully saturated rings. The van der Waals surface area contributed by atoms with Crippen LogP contribution in [0.3, 0.4) is 0 Å². The fraction of sp³-hybridized carbons (Fsp3) is 0.667. The van der Waals surface area contributed by atoms with Gasteiger partial charge in [0.05, 0.1) is 15.7 Å². The van der Waals surface area contributed by atoms with Crippen LogP contribution in [0.2, 0.25) is 10.0 Å². The van der Waals surface area contributed by atoms with Gasteiger partial charge in [-0.25, -0.2) is 4.39 Å². The molecule has 0 aromatic heterocycles. The molecule has 1 saturated heterocycles. The molecule has 5 nitrogen and oxygen atoms in total. The molecular formula is C21H30Cl2FN3O2. The van der Waals surface area contributed by atoms with Gasteiger partial charge in [0.2, 0.25) is 5.91 Å². The molecule has 29 heavy (non-hydrogen) atoms. The highest BCUT2D eigenvalue weighted by Crippen LogP contribution is 2.32. The first-order valence-corrected chi connectivity index (χ1v) is 11.1. The van der Waals surface area contributed by atoms with E-state index in [-0.39, 0.29) is 22.6 Å². The predicted molar refractivity (Wildman–Crippen MR) is 115 cm³/mol. The Kier molecular flexibility index (Phi) is 8.42. The van der Waals surface area contributed by atoms with Crippen LogP contribution in [0.5, 0.6) is 0 Å². The molecule has 0 unspecified atom stereocenters. The molecule has 1 aliphatic carbocycles. The summed E-state index contributed by atoms with van der Waals surface area (Å²) in [5.74, 6) is 0.269. The zero-order chi connectivity index (χ0) is 20.8. The lowest BCUT2D eigenvalue weighted by atomic mass is 9.84. The molecule has 1 heterocycles. The first-order chi connectivity index (χ1) is 14.0. The van der Waals surface area contributed by atoms with Crippen LogP contribution in [0.4, 0.5) is 10.1 Å². The molecule has 162 valence electrons. The second kappa shape index (κ2) is 10.8. The average molecular weight is 446 g/mol. The van der Waals surface area contributed by atoms with Gasteiger partial charge in [0.1, 0.15) is 6.61 Å². The summed E-state index contributed by atoms with van der Waals surface area (Å²) in [5, 5.41) is 3.30. The van der Waals surface area contributed by atoms with E-state index < -0.39 is 5.82 Å². The predicted octanol–water partition coefficient (Wildman–Crippen LogP) is 3.97. The number of nitrogens with one attached hydrogen (secondary N) is 1. The van der Waals surface area contributed by atoms with Crippen LogP contribution in [0.1, 0.15) is 32.1 Å². The van der Waals surface area contributed by atoms with Crippen molar-refractivity contribution in [3.63, 3.8) is 0 Å². The molecule has 0 bridgehead atoms. The van der Waals surface area contributed by atoms with Crippen LogP contribution in [0.15, 0.2) is 12.1 Å². The van der Waals surface area contributed by atoms with Crippen molar-refractivity contribution in [3.05, 3.63) is 28.0 Å². The van der Waals surface area contributed by atoms with Gasteiger partial charge >= 0.3 is 0 Å². The van der Waals surface area contributed by atoms with Gasteiger partial charge in [0.25, 0.3) is 0 Å². The van der Waals surface area contributed by atoms with Gasteiger partial charge in [0.15, 0.2) is 5.82 Å². The fourth-order valence-corrected chi connectivity index (χ4v) is 4.64. The minimum Gasteiger partial charge on any atom is -0.375 e. The number of nitrogens with zero attached hydrogens (tertiary/aromatic N) is 2. The van der Waals surface area contributed by atoms with Crippen LogP contribution in [-0.2, 0) is 9.53 Å². The number of hydrogen-bond acceptors (Lipinski definition) is 4. The molecule has 8 heteroatoms. The SMILES string of the molecule is COCC(=O)N[C@H]1CC[C@H](CCN2CCN(c3ccc(Cl)c(Cl)c3F)CC2)CC1. The highest BCUT2D eigenvalue weighted by Gasteiger charge is 2.25. The third kappa shape index (κ3) is 6.20. The first kappa shape index (κ1) is 22.6. The van der Waals surface area contributed by atoms with Crippen LogP contribution >= 0.6 is 23.2 Å². The maximum Gasteiger partial charge on any atom is 0.246 e. The molecule has 0 atom stereocenters. The van der Waals surface area contributed by atoms with Crippen LogP contribution in [0, 0.1) is 11.7 Å². The Balaban J connectivity index is 1.37. The Bertz CT molecular complexity index is 691. The number of piperazine rings is 1. The minimum atomic E-state index is -0.429. The summed E-state index contributed by atoms with van der Waals surface area (Å²) >= 11 is 11.8. The molecule has 1 N–H and O–H groups in total. The topological polar surface area (TPSA) is 44.8 Å². The van der Waals surface area contributed by atoms with Crippen LogP contribution < -0.4 is 10.2 Å². The number of ether oxygens (including phenoxy) is 1. The van der Waals surface area contributed by atoms with Crippen molar-refractivity contribution < 1.29 is 13.9 Å². The quantitative estimate of drug-likeness (QED) is 0.644. The van der Waals surface area contributed by atoms with Gasteiger partial charge in [-0.05, 0) is 56.7 Å². The molecule has 1 saturated carbocycles. The monoisotopic (exact) mass is 445 g/mol. The maximum absolute atomic E-state index is 14.4. The molecule has 1 aromatic rings. The Morgan fingerprint density at radius 1 is 1.17 bits per heavy atom. The number of rotatable bonds is 7. The summed E-state index contributed by atoms with van der Waals surface area (Å²) in [4.78, 5) is 16.1. The zero-order valence-electron chi connectivity index (χ0n) is 16.9. The lowest BCUT2D eigenvalue weighted by Crippen LogP contribution is -2.47. The van der Waals surface area contributed by atoms with Crippen molar-refractivity contribution in [2.24, 2.45) is 5.92 Å². The molecule has 0 radical (unpaired) electrons. The normalized spacial score (nSPS) is 23.2. The molecule has 1 amide bonds. The highest BCUT2D eigenvalue weighted by atomic mass is 35.5. The Hall–Kier alpha value is -1.08. The lowest BCUT2D eigenvalue weighted by Gasteiger charge is -2.37. The average Bonchev–Trinajstić information content (AvgIpc) is 2.72. The number of hydrogen-bond donors (Lipinski definition) is 1. The van der Waals surface area contributed by atoms with E-state index in [0.29, 0.717) is 11.7 Å². The van der Waals surface area contributed by atoms with Gasteiger partial charge in [-0.2, -0.15) is 0 Å². The van der Waals surface area contributed by atoms with Gasteiger partial charge in [-0.3, -0.25) is 9.69 Å². The van der Waals surface area contributed by atoms with E-state index in [1.807, 2.05) is 4.90 Å². The minimum absolute atomic E-state index is 0.000564. The molecular weight excluding hydrogens is 416 g/mol. The number of anilines is 1. The van der Waals surface area contributed by atoms with E-state index in [1.54, 1.807) is 12.1 Å². The molecule has 0 spiro atoms. The first-order valence-electron chi connectivity index (χ1n) is 10.4. The number of halogens is 3. The second-order valence-electron chi connectivity index (χ2n) is 8.03. The summed E-state index contributed by atoms with van der Waals surface area (Å²) in [6, 6.07) is 3.66. The third-order valence-corrected chi connectivity index (χ3v) is 6.85. The van der Waals surface area contributed by atoms with Gasteiger partial charge in [0, 0.05) is 39.3 Å². The van der Waals surface area contributed by atoms with Crippen molar-refractivity contribution >= 4 is 34.8 Å². The Labute approximate surface area is 182 Å². The van der Waals surface area contributed by atoms with Crippen molar-refractivity contribution in [2.75, 3.05) is 51.3 Å². The summed E-state index contributed by atoms with van der Waals surface area (Å²) in [6.45, 7) is 4.62. The number of benzene rings is 1. The smallest absolute Gasteiger partial charge is 0.246 e. The highest BCUT2D eigenvalue weighted by molar-refractivity contribution is 6.42. The summed E-state index contributed by atoms with van der Waals surface area (Å²) in [7, 11) is 1.54. The summed E-state index contributed by atoms with van der Waals surface area (Å²) in [6.07, 6.45) is 5.59. The third-order valence-electron chi connectivity index (χ3n) is 6.07. The van der Waals surface area contributed by atoms with Crippen molar-refractivity contribution in [3.8, 4) is 0 Å². The standard InChI is InChI=1S/C21H30Cl2FN3O2/c1-29-14-19(28)25-16-4-2-15(3-5-16)8-9-26-10-12-27(13-11-26)18-7-6-17(22)20(23)21(18)24/h6-7,15-16H,2-5,8-14H2,1H3,(H,25,28)/t15-,16-. The van der Waals surface area contributed by atoms with E-state index >= 15 is 0 Å². The van der Waals surface area contributed by atoms with Crippen molar-refractivity contribution in [1.82, 2.24) is 10.2 Å². The maximum atomic E-state index is 14.4. The molecule has 2 aliphatic rings. The molecule has 1 aromatic carbocycles. The van der Waals surface area contributed by atoms with E-state index in [4.69, 9.17) is 27.9 Å². The summed E-state index contributed by atoms with van der Waals surface area (Å²) < 4.78 is 19.3. The second-order valence-corrected chi connectivity index (χ2v) is 8.82. The molecule has 3 rings (SSSR count). The van der Waals surface area contributed by atoms with Crippen LogP contribution in [0.25, 0.3) is 0 Å². The Morgan fingerprint density at radius 3 is 2.52 bits per heavy atom. The largest absolute Gasteiger partial charge is 0.375 e. The zero-order valence-corrected chi connectivity index (χ0v) is 18.4. The van der Waals surface area contributed by atoms with Crippen molar-refractivity contribution in [1.29, 1.82) is 0 Å². The number of amides is 1. The van der Waals surface area contributed by atoms with Gasteiger partial charge in [-0.15, -0.1) is 0 Å². The molecule has 1 aliphatic heterocycles. The van der Waals surface area contributed by atoms with E-state index in [2.05, 4.69) is 10.2 Å². The summed E-state index contributed by atoms with van der Waals surface area (Å²) in [5.41, 5.74) is 0.535. The van der Waals surface area contributed by atoms with E-state index in [9.17, 15) is 9.18 Å². The van der Waals surface area contributed by atoms with E-state index in [1.165, 1.54) is 13.5 Å². The Morgan fingerprint density at radius 2 is 1.86 bits per heavy atom. The lowest BCUT2D eigenvalue weighted by molar-refractivity contribution is -0.125. The number of carbonyl (C=O) groups excluding carboxylic acids is 1. The van der Waals surface area contributed by atoms with E-state index in [0.717, 1.165) is 64.3 Å². The number of methoxy groups -OCH3 is 1. The van der Waals surface area contributed by atoms with Gasteiger partial charge in [-0.1, -0.05) is 23.2 Å². The number of carbonyl (C=O) groups is 1.